The highest BCUT2D eigenvalue weighted by atomic mass is 16.5. The van der Waals surface area contributed by atoms with E-state index in [1.807, 2.05) is 25.6 Å². The van der Waals surface area contributed by atoms with Gasteiger partial charge in [-0.15, -0.1) is 0 Å². The largest absolute Gasteiger partial charge is 0.488 e. The normalized spacial score (nSPS) is 11.2. The van der Waals surface area contributed by atoms with Gasteiger partial charge < -0.3 is 10.1 Å². The van der Waals surface area contributed by atoms with Crippen LogP contribution in [0.3, 0.4) is 0 Å². The van der Waals surface area contributed by atoms with Crippen molar-refractivity contribution in [3.63, 3.8) is 0 Å². The summed E-state index contributed by atoms with van der Waals surface area (Å²) in [6.45, 7) is 10.0. The minimum atomic E-state index is 0.606. The van der Waals surface area contributed by atoms with Crippen LogP contribution in [-0.2, 0) is 7.05 Å². The second-order valence-electron chi connectivity index (χ2n) is 4.44. The van der Waals surface area contributed by atoms with Crippen molar-refractivity contribution in [2.24, 2.45) is 7.05 Å². The topological polar surface area (TPSA) is 39.1 Å². The minimum Gasteiger partial charge on any atom is -0.488 e. The summed E-state index contributed by atoms with van der Waals surface area (Å²) in [6, 6.07) is 0.606. The van der Waals surface area contributed by atoms with E-state index in [1.54, 1.807) is 0 Å². The summed E-state index contributed by atoms with van der Waals surface area (Å²) < 4.78 is 7.64. The summed E-state index contributed by atoms with van der Waals surface area (Å²) in [5.74, 6) is 0.929. The van der Waals surface area contributed by atoms with Crippen molar-refractivity contribution in [1.82, 2.24) is 15.1 Å². The molecule has 0 saturated heterocycles. The number of rotatable bonds is 7. The minimum absolute atomic E-state index is 0.606. The lowest BCUT2D eigenvalue weighted by Crippen LogP contribution is -2.31. The molecule has 0 aliphatic rings. The predicted molar refractivity (Wildman–Crippen MR) is 70.5 cm³/mol. The predicted octanol–water partition coefficient (Wildman–Crippen LogP) is 2.19. The molecule has 1 heterocycles. The average molecular weight is 239 g/mol. The molecule has 0 spiro atoms. The van der Waals surface area contributed by atoms with Gasteiger partial charge in [-0.25, -0.2) is 0 Å². The van der Waals surface area contributed by atoms with Crippen LogP contribution in [0.1, 0.15) is 38.1 Å². The molecule has 0 aliphatic heterocycles. The van der Waals surface area contributed by atoms with Gasteiger partial charge in [0.05, 0.1) is 5.69 Å². The van der Waals surface area contributed by atoms with Gasteiger partial charge in [0.15, 0.2) is 5.75 Å². The number of aromatic nitrogens is 2. The van der Waals surface area contributed by atoms with Crippen LogP contribution in [0.5, 0.6) is 5.75 Å². The first-order valence-corrected chi connectivity index (χ1v) is 6.46. The standard InChI is InChI=1S/C13H25N3O/c1-6-12(7-2)14-8-9-17-13-10(3)15-16(5)11(13)4/h12,14H,6-9H2,1-5H3. The van der Waals surface area contributed by atoms with Crippen LogP contribution in [-0.4, -0.2) is 29.0 Å². The molecule has 0 fully saturated rings. The van der Waals surface area contributed by atoms with Crippen molar-refractivity contribution in [3.05, 3.63) is 11.4 Å². The van der Waals surface area contributed by atoms with Gasteiger partial charge in [0.1, 0.15) is 12.3 Å². The molecule has 1 rings (SSSR count). The van der Waals surface area contributed by atoms with E-state index in [2.05, 4.69) is 24.3 Å². The summed E-state index contributed by atoms with van der Waals surface area (Å²) in [5.41, 5.74) is 2.05. The molecular formula is C13H25N3O. The van der Waals surface area contributed by atoms with Crippen LogP contribution in [0.4, 0.5) is 0 Å². The van der Waals surface area contributed by atoms with Crippen molar-refractivity contribution < 1.29 is 4.74 Å². The zero-order valence-electron chi connectivity index (χ0n) is 11.7. The third kappa shape index (κ3) is 3.73. The summed E-state index contributed by atoms with van der Waals surface area (Å²) in [7, 11) is 1.94. The first-order valence-electron chi connectivity index (χ1n) is 6.46. The lowest BCUT2D eigenvalue weighted by atomic mass is 10.2. The van der Waals surface area contributed by atoms with E-state index in [0.717, 1.165) is 23.7 Å². The summed E-state index contributed by atoms with van der Waals surface area (Å²) in [5, 5.41) is 7.81. The molecule has 0 aliphatic carbocycles. The Morgan fingerprint density at radius 3 is 2.41 bits per heavy atom. The highest BCUT2D eigenvalue weighted by molar-refractivity contribution is 5.31. The molecule has 0 aromatic carbocycles. The number of hydrogen-bond donors (Lipinski definition) is 1. The second kappa shape index (κ2) is 6.64. The Morgan fingerprint density at radius 2 is 1.94 bits per heavy atom. The Morgan fingerprint density at radius 1 is 1.29 bits per heavy atom. The maximum absolute atomic E-state index is 5.78. The van der Waals surface area contributed by atoms with Crippen LogP contribution in [0.2, 0.25) is 0 Å². The smallest absolute Gasteiger partial charge is 0.163 e. The van der Waals surface area contributed by atoms with Gasteiger partial charge in [-0.05, 0) is 26.7 Å². The van der Waals surface area contributed by atoms with Crippen molar-refractivity contribution in [1.29, 1.82) is 0 Å². The number of nitrogens with one attached hydrogen (secondary N) is 1. The SMILES string of the molecule is CCC(CC)NCCOc1c(C)nn(C)c1C. The third-order valence-electron chi connectivity index (χ3n) is 3.21. The van der Waals surface area contributed by atoms with E-state index in [9.17, 15) is 0 Å². The molecule has 0 saturated carbocycles. The molecule has 98 valence electrons. The van der Waals surface area contributed by atoms with Crippen LogP contribution in [0, 0.1) is 13.8 Å². The first-order chi connectivity index (χ1) is 8.10. The molecule has 1 aromatic heterocycles. The third-order valence-corrected chi connectivity index (χ3v) is 3.21. The Balaban J connectivity index is 2.36. The van der Waals surface area contributed by atoms with E-state index in [0.29, 0.717) is 12.6 Å². The molecule has 1 aromatic rings. The Hall–Kier alpha value is -1.03. The fourth-order valence-corrected chi connectivity index (χ4v) is 1.96. The monoisotopic (exact) mass is 239 g/mol. The van der Waals surface area contributed by atoms with Gasteiger partial charge in [-0.2, -0.15) is 5.10 Å². The number of hydrogen-bond acceptors (Lipinski definition) is 3. The van der Waals surface area contributed by atoms with Crippen LogP contribution in [0.25, 0.3) is 0 Å². The first kappa shape index (κ1) is 14.0. The summed E-state index contributed by atoms with van der Waals surface area (Å²) in [6.07, 6.45) is 2.34. The zero-order chi connectivity index (χ0) is 12.8. The highest BCUT2D eigenvalue weighted by Crippen LogP contribution is 2.20. The highest BCUT2D eigenvalue weighted by Gasteiger charge is 2.10. The van der Waals surface area contributed by atoms with E-state index >= 15 is 0 Å². The van der Waals surface area contributed by atoms with Crippen LogP contribution < -0.4 is 10.1 Å². The summed E-state index contributed by atoms with van der Waals surface area (Å²) in [4.78, 5) is 0. The van der Waals surface area contributed by atoms with E-state index in [1.165, 1.54) is 12.8 Å². The van der Waals surface area contributed by atoms with Crippen LogP contribution in [0.15, 0.2) is 0 Å². The quantitative estimate of drug-likeness (QED) is 0.741. The van der Waals surface area contributed by atoms with Gasteiger partial charge >= 0.3 is 0 Å². The molecule has 0 atom stereocenters. The van der Waals surface area contributed by atoms with E-state index in [-0.39, 0.29) is 0 Å². The molecule has 1 N–H and O–H groups in total. The second-order valence-corrected chi connectivity index (χ2v) is 4.44. The number of ether oxygens (including phenoxy) is 1. The van der Waals surface area contributed by atoms with Gasteiger partial charge in [-0.3, -0.25) is 4.68 Å². The molecule has 0 amide bonds. The van der Waals surface area contributed by atoms with Crippen molar-refractivity contribution >= 4 is 0 Å². The Bertz CT molecular complexity index is 343. The van der Waals surface area contributed by atoms with Gasteiger partial charge in [0.2, 0.25) is 0 Å². The van der Waals surface area contributed by atoms with Gasteiger partial charge in [0.25, 0.3) is 0 Å². The molecule has 4 nitrogen and oxygen atoms in total. The Labute approximate surface area is 104 Å². The molecule has 0 radical (unpaired) electrons. The van der Waals surface area contributed by atoms with Crippen molar-refractivity contribution in [3.8, 4) is 5.75 Å². The lowest BCUT2D eigenvalue weighted by Gasteiger charge is -2.14. The average Bonchev–Trinajstić information content (AvgIpc) is 2.55. The lowest BCUT2D eigenvalue weighted by molar-refractivity contribution is 0.298. The molecule has 0 bridgehead atoms. The molecule has 0 unspecified atom stereocenters. The molecule has 17 heavy (non-hydrogen) atoms. The maximum Gasteiger partial charge on any atom is 0.163 e. The number of aryl methyl sites for hydroxylation is 2. The van der Waals surface area contributed by atoms with Crippen molar-refractivity contribution in [2.75, 3.05) is 13.2 Å². The fraction of sp³-hybridized carbons (Fsp3) is 0.769. The van der Waals surface area contributed by atoms with E-state index in [4.69, 9.17) is 4.74 Å². The fourth-order valence-electron chi connectivity index (χ4n) is 1.96. The van der Waals surface area contributed by atoms with Crippen LogP contribution >= 0.6 is 0 Å². The molecular weight excluding hydrogens is 214 g/mol. The Kier molecular flexibility index (Phi) is 5.48. The summed E-state index contributed by atoms with van der Waals surface area (Å²) >= 11 is 0. The van der Waals surface area contributed by atoms with E-state index < -0.39 is 0 Å². The maximum atomic E-state index is 5.78. The zero-order valence-corrected chi connectivity index (χ0v) is 11.7. The molecule has 4 heteroatoms. The van der Waals surface area contributed by atoms with Gasteiger partial charge in [-0.1, -0.05) is 13.8 Å². The van der Waals surface area contributed by atoms with Crippen molar-refractivity contribution in [2.45, 2.75) is 46.6 Å². The number of nitrogens with zero attached hydrogens (tertiary/aromatic N) is 2. The van der Waals surface area contributed by atoms with Gasteiger partial charge in [0, 0.05) is 19.6 Å².